The van der Waals surface area contributed by atoms with Gasteiger partial charge in [0, 0.05) is 5.75 Å². The lowest BCUT2D eigenvalue weighted by molar-refractivity contribution is 0.0956. The molecule has 17 heavy (non-hydrogen) atoms. The second kappa shape index (κ2) is 6.98. The molecule has 0 unspecified atom stereocenters. The highest BCUT2D eigenvalue weighted by molar-refractivity contribution is 7.99. The SMILES string of the molecule is CCCc1nc(CSC(C)C)sc1C(=O)NN. The van der Waals surface area contributed by atoms with E-state index < -0.39 is 0 Å². The predicted octanol–water partition coefficient (Wildman–Crippen LogP) is 2.34. The smallest absolute Gasteiger partial charge is 0.277 e. The molecule has 1 rings (SSSR count). The molecule has 0 saturated carbocycles. The Morgan fingerprint density at radius 1 is 1.59 bits per heavy atom. The molecule has 0 radical (unpaired) electrons. The lowest BCUT2D eigenvalue weighted by Crippen LogP contribution is -2.30. The molecule has 0 aliphatic heterocycles. The second-order valence-corrected chi connectivity index (χ2v) is 6.62. The van der Waals surface area contributed by atoms with Gasteiger partial charge in [-0.05, 0) is 11.7 Å². The van der Waals surface area contributed by atoms with Crippen molar-refractivity contribution >= 4 is 29.0 Å². The average Bonchev–Trinajstić information content (AvgIpc) is 2.69. The Kier molecular flexibility index (Phi) is 5.94. The molecule has 1 aromatic rings. The third-order valence-corrected chi connectivity index (χ3v) is 4.49. The maximum atomic E-state index is 11.6. The van der Waals surface area contributed by atoms with Gasteiger partial charge in [-0.3, -0.25) is 10.2 Å². The summed E-state index contributed by atoms with van der Waals surface area (Å²) in [5.74, 6) is 5.80. The number of nitrogen functional groups attached to an aromatic ring is 1. The Morgan fingerprint density at radius 3 is 2.82 bits per heavy atom. The van der Waals surface area contributed by atoms with Crippen molar-refractivity contribution < 1.29 is 4.79 Å². The van der Waals surface area contributed by atoms with E-state index in [1.807, 2.05) is 11.8 Å². The number of nitrogens with zero attached hydrogens (tertiary/aromatic N) is 1. The van der Waals surface area contributed by atoms with E-state index in [0.29, 0.717) is 10.1 Å². The van der Waals surface area contributed by atoms with E-state index in [1.165, 1.54) is 11.3 Å². The van der Waals surface area contributed by atoms with Gasteiger partial charge in [-0.25, -0.2) is 10.8 Å². The molecule has 0 aliphatic rings. The van der Waals surface area contributed by atoms with Gasteiger partial charge >= 0.3 is 0 Å². The second-order valence-electron chi connectivity index (χ2n) is 3.97. The zero-order chi connectivity index (χ0) is 12.8. The van der Waals surface area contributed by atoms with Crippen LogP contribution in [0.4, 0.5) is 0 Å². The third-order valence-electron chi connectivity index (χ3n) is 2.11. The topological polar surface area (TPSA) is 68.0 Å². The molecule has 0 saturated heterocycles. The molecule has 6 heteroatoms. The maximum Gasteiger partial charge on any atom is 0.277 e. The molecule has 0 bridgehead atoms. The molecule has 4 nitrogen and oxygen atoms in total. The molecule has 3 N–H and O–H groups in total. The molecule has 0 aliphatic carbocycles. The standard InChI is InChI=1S/C11H19N3OS2/c1-4-5-8-10(11(15)14-12)17-9(13-8)6-16-7(2)3/h7H,4-6,12H2,1-3H3,(H,14,15). The highest BCUT2D eigenvalue weighted by Crippen LogP contribution is 2.25. The van der Waals surface area contributed by atoms with Crippen molar-refractivity contribution in [2.45, 2.75) is 44.6 Å². The van der Waals surface area contributed by atoms with Crippen LogP contribution < -0.4 is 11.3 Å². The largest absolute Gasteiger partial charge is 0.289 e. The van der Waals surface area contributed by atoms with Crippen molar-refractivity contribution in [3.8, 4) is 0 Å². The van der Waals surface area contributed by atoms with E-state index in [2.05, 4.69) is 31.2 Å². The van der Waals surface area contributed by atoms with Crippen LogP contribution >= 0.6 is 23.1 Å². The first kappa shape index (κ1) is 14.5. The molecule has 0 spiro atoms. The number of hydrazine groups is 1. The van der Waals surface area contributed by atoms with Crippen molar-refractivity contribution in [3.05, 3.63) is 15.6 Å². The number of hydrogen-bond acceptors (Lipinski definition) is 5. The highest BCUT2D eigenvalue weighted by atomic mass is 32.2. The number of amides is 1. The normalized spacial score (nSPS) is 10.9. The summed E-state index contributed by atoms with van der Waals surface area (Å²) in [6.07, 6.45) is 1.80. The molecule has 1 heterocycles. The Labute approximate surface area is 110 Å². The molecule has 96 valence electrons. The van der Waals surface area contributed by atoms with Crippen LogP contribution in [0, 0.1) is 0 Å². The van der Waals surface area contributed by atoms with E-state index in [1.54, 1.807) is 0 Å². The molecule has 1 aromatic heterocycles. The summed E-state index contributed by atoms with van der Waals surface area (Å²) >= 11 is 3.28. The van der Waals surface area contributed by atoms with Crippen LogP contribution in [0.3, 0.4) is 0 Å². The fourth-order valence-corrected chi connectivity index (χ4v) is 3.14. The predicted molar refractivity (Wildman–Crippen MR) is 74.2 cm³/mol. The number of aryl methyl sites for hydroxylation is 1. The van der Waals surface area contributed by atoms with Gasteiger partial charge in [-0.1, -0.05) is 27.2 Å². The van der Waals surface area contributed by atoms with E-state index in [9.17, 15) is 4.79 Å². The van der Waals surface area contributed by atoms with Gasteiger partial charge in [0.1, 0.15) is 9.88 Å². The summed E-state index contributed by atoms with van der Waals surface area (Å²) in [5, 5.41) is 1.58. The first-order valence-electron chi connectivity index (χ1n) is 5.69. The minimum absolute atomic E-state index is 0.230. The van der Waals surface area contributed by atoms with Gasteiger partial charge in [0.15, 0.2) is 0 Å². The first-order chi connectivity index (χ1) is 8.08. The monoisotopic (exact) mass is 273 g/mol. The summed E-state index contributed by atoms with van der Waals surface area (Å²) < 4.78 is 0. The molecule has 0 fully saturated rings. The van der Waals surface area contributed by atoms with Gasteiger partial charge in [0.05, 0.1) is 5.69 Å². The Morgan fingerprint density at radius 2 is 2.29 bits per heavy atom. The third kappa shape index (κ3) is 4.29. The number of carbonyl (C=O) groups excluding carboxylic acids is 1. The maximum absolute atomic E-state index is 11.6. The van der Waals surface area contributed by atoms with Gasteiger partial charge < -0.3 is 0 Å². The van der Waals surface area contributed by atoms with Crippen LogP contribution in [-0.2, 0) is 12.2 Å². The van der Waals surface area contributed by atoms with Crippen molar-refractivity contribution in [2.24, 2.45) is 5.84 Å². The number of hydrogen-bond donors (Lipinski definition) is 2. The molecular formula is C11H19N3OS2. The van der Waals surface area contributed by atoms with E-state index in [4.69, 9.17) is 5.84 Å². The molecule has 1 amide bonds. The highest BCUT2D eigenvalue weighted by Gasteiger charge is 2.16. The molecular weight excluding hydrogens is 254 g/mol. The number of nitrogens with two attached hydrogens (primary N) is 1. The average molecular weight is 273 g/mol. The summed E-state index contributed by atoms with van der Waals surface area (Å²) in [7, 11) is 0. The van der Waals surface area contributed by atoms with Crippen LogP contribution in [0.5, 0.6) is 0 Å². The Hall–Kier alpha value is -0.590. The number of thioether (sulfide) groups is 1. The number of carbonyl (C=O) groups is 1. The Bertz CT molecular complexity index is 377. The van der Waals surface area contributed by atoms with Crippen LogP contribution in [0.2, 0.25) is 0 Å². The van der Waals surface area contributed by atoms with Crippen LogP contribution in [0.25, 0.3) is 0 Å². The fourth-order valence-electron chi connectivity index (χ4n) is 1.35. The van der Waals surface area contributed by atoms with E-state index in [-0.39, 0.29) is 5.91 Å². The summed E-state index contributed by atoms with van der Waals surface area (Å²) in [6.45, 7) is 6.38. The molecule has 0 atom stereocenters. The summed E-state index contributed by atoms with van der Waals surface area (Å²) in [4.78, 5) is 16.8. The van der Waals surface area contributed by atoms with Crippen LogP contribution in [0.1, 0.15) is 47.6 Å². The minimum Gasteiger partial charge on any atom is -0.289 e. The molecule has 0 aromatic carbocycles. The summed E-state index contributed by atoms with van der Waals surface area (Å²) in [5.41, 5.74) is 3.06. The first-order valence-corrected chi connectivity index (χ1v) is 7.56. The quantitative estimate of drug-likeness (QED) is 0.474. The lowest BCUT2D eigenvalue weighted by Gasteiger charge is -2.00. The van der Waals surface area contributed by atoms with Crippen LogP contribution in [-0.4, -0.2) is 16.1 Å². The van der Waals surface area contributed by atoms with Gasteiger partial charge in [0.2, 0.25) is 0 Å². The Balaban J connectivity index is 2.83. The van der Waals surface area contributed by atoms with Crippen molar-refractivity contribution in [1.29, 1.82) is 0 Å². The zero-order valence-corrected chi connectivity index (χ0v) is 12.1. The van der Waals surface area contributed by atoms with Crippen molar-refractivity contribution in [3.63, 3.8) is 0 Å². The van der Waals surface area contributed by atoms with Gasteiger partial charge in [-0.2, -0.15) is 11.8 Å². The van der Waals surface area contributed by atoms with Gasteiger partial charge in [-0.15, -0.1) is 11.3 Å². The number of aromatic nitrogens is 1. The van der Waals surface area contributed by atoms with Crippen molar-refractivity contribution in [2.75, 3.05) is 0 Å². The van der Waals surface area contributed by atoms with E-state index >= 15 is 0 Å². The van der Waals surface area contributed by atoms with Gasteiger partial charge in [0.25, 0.3) is 5.91 Å². The minimum atomic E-state index is -0.230. The fraction of sp³-hybridized carbons (Fsp3) is 0.636. The lowest BCUT2D eigenvalue weighted by atomic mass is 10.2. The number of thiazole rings is 1. The van der Waals surface area contributed by atoms with E-state index in [0.717, 1.165) is 29.3 Å². The number of rotatable bonds is 6. The van der Waals surface area contributed by atoms with Crippen molar-refractivity contribution in [1.82, 2.24) is 10.4 Å². The zero-order valence-electron chi connectivity index (χ0n) is 10.4. The summed E-state index contributed by atoms with van der Waals surface area (Å²) in [6, 6.07) is 0. The van der Waals surface area contributed by atoms with Crippen LogP contribution in [0.15, 0.2) is 0 Å². The number of nitrogens with one attached hydrogen (secondary N) is 1.